The molecule has 0 radical (unpaired) electrons. The first kappa shape index (κ1) is 18.6. The van der Waals surface area contributed by atoms with Crippen LogP contribution >= 0.6 is 0 Å². The molecule has 112 valence electrons. The van der Waals surface area contributed by atoms with Crippen molar-refractivity contribution in [2.24, 2.45) is 0 Å². The summed E-state index contributed by atoms with van der Waals surface area (Å²) in [7, 11) is 3.19. The van der Waals surface area contributed by atoms with Gasteiger partial charge in [-0.1, -0.05) is 30.3 Å². The van der Waals surface area contributed by atoms with Gasteiger partial charge in [0.15, 0.2) is 6.21 Å². The zero-order valence-electron chi connectivity index (χ0n) is 11.9. The highest BCUT2D eigenvalue weighted by atomic mass is 35.7. The largest absolute Gasteiger partial charge is 0.383 e. The number of benzene rings is 1. The second-order valence-corrected chi connectivity index (χ2v) is 5.14. The first-order valence-electron chi connectivity index (χ1n) is 5.66. The molecule has 1 aromatic carbocycles. The third kappa shape index (κ3) is 11.6. The first-order chi connectivity index (χ1) is 9.09. The molecule has 0 spiro atoms. The summed E-state index contributed by atoms with van der Waals surface area (Å²) >= 11 is 0. The van der Waals surface area contributed by atoms with Gasteiger partial charge in [0.25, 0.3) is 0 Å². The van der Waals surface area contributed by atoms with Crippen molar-refractivity contribution in [2.75, 3.05) is 28.2 Å². The van der Waals surface area contributed by atoms with E-state index in [4.69, 9.17) is 18.6 Å². The van der Waals surface area contributed by atoms with Gasteiger partial charge in [-0.2, -0.15) is 0 Å². The van der Waals surface area contributed by atoms with Gasteiger partial charge in [-0.25, -0.2) is 23.2 Å². The van der Waals surface area contributed by atoms with E-state index in [1.165, 1.54) is 11.1 Å². The molecule has 0 N–H and O–H groups in total. The Morgan fingerprint density at radius 1 is 1.05 bits per heavy atom. The summed E-state index contributed by atoms with van der Waals surface area (Å²) < 4.78 is 36.0. The molecule has 0 saturated carbocycles. The molecule has 0 amide bonds. The van der Waals surface area contributed by atoms with Crippen LogP contribution in [0, 0.1) is 10.2 Å². The van der Waals surface area contributed by atoms with E-state index in [9.17, 15) is 0 Å². The Morgan fingerprint density at radius 2 is 1.50 bits per heavy atom. The van der Waals surface area contributed by atoms with Crippen LogP contribution in [0.25, 0.3) is 5.57 Å². The van der Waals surface area contributed by atoms with Gasteiger partial charge in [0.2, 0.25) is 0 Å². The fourth-order valence-corrected chi connectivity index (χ4v) is 1.37. The van der Waals surface area contributed by atoms with Gasteiger partial charge in [-0.15, -0.1) is 10.2 Å². The molecule has 6 nitrogen and oxygen atoms in total. The van der Waals surface area contributed by atoms with E-state index in [1.807, 2.05) is 34.3 Å². The highest BCUT2D eigenvalue weighted by Gasteiger charge is 2.02. The van der Waals surface area contributed by atoms with Gasteiger partial charge in [0, 0.05) is 20.3 Å². The number of rotatable bonds is 3. The Kier molecular flexibility index (Phi) is 8.05. The van der Waals surface area contributed by atoms with E-state index in [0.29, 0.717) is 0 Å². The van der Waals surface area contributed by atoms with Crippen LogP contribution in [0.15, 0.2) is 36.5 Å². The Hall–Kier alpha value is -1.44. The lowest BCUT2D eigenvalue weighted by Crippen LogP contribution is -2.68. The van der Waals surface area contributed by atoms with Crippen LogP contribution in [0.1, 0.15) is 5.56 Å². The van der Waals surface area contributed by atoms with Crippen LogP contribution in [0.3, 0.4) is 0 Å². The second-order valence-electron chi connectivity index (χ2n) is 4.38. The van der Waals surface area contributed by atoms with Crippen LogP contribution in [-0.2, 0) is 0 Å². The number of allylic oxidation sites excluding steroid dienone is 1. The maximum atomic E-state index is 8.49. The third-order valence-corrected chi connectivity index (χ3v) is 1.90. The fraction of sp³-hybridized carbons (Fsp3) is 0.308. The predicted octanol–water partition coefficient (Wildman–Crippen LogP) is -2.82. The zero-order chi connectivity index (χ0) is 15.8. The molecule has 1 rings (SSSR count). The van der Waals surface area contributed by atoms with E-state index >= 15 is 0 Å². The van der Waals surface area contributed by atoms with Crippen LogP contribution in [-0.4, -0.2) is 43.9 Å². The molecule has 0 aliphatic rings. The zero-order valence-corrected chi connectivity index (χ0v) is 12.7. The van der Waals surface area contributed by atoms with Crippen LogP contribution in [0.2, 0.25) is 0 Å². The molecular formula is C13H19ClN2O4. The Bertz CT molecular complexity index is 443. The van der Waals surface area contributed by atoms with Gasteiger partial charge < -0.3 is 4.90 Å². The number of hydrogen-bond acceptors (Lipinski definition) is 5. The maximum absolute atomic E-state index is 8.49. The highest BCUT2D eigenvalue weighted by molar-refractivity contribution is 6.07. The quantitative estimate of drug-likeness (QED) is 0.443. The van der Waals surface area contributed by atoms with Crippen molar-refractivity contribution in [1.29, 1.82) is 0 Å². The molecule has 0 saturated heterocycles. The lowest BCUT2D eigenvalue weighted by atomic mass is 10.1. The van der Waals surface area contributed by atoms with E-state index in [-0.39, 0.29) is 0 Å². The normalized spacial score (nSPS) is 11.3. The average molecular weight is 303 g/mol. The fourth-order valence-electron chi connectivity index (χ4n) is 1.37. The maximum Gasteiger partial charge on any atom is 0.172 e. The lowest BCUT2D eigenvalue weighted by molar-refractivity contribution is -2.00. The van der Waals surface area contributed by atoms with Crippen molar-refractivity contribution in [3.05, 3.63) is 42.1 Å². The Labute approximate surface area is 121 Å². The van der Waals surface area contributed by atoms with Crippen LogP contribution in [0.5, 0.6) is 0 Å². The van der Waals surface area contributed by atoms with E-state index < -0.39 is 10.2 Å². The topological polar surface area (TPSA) is 98.5 Å². The minimum absolute atomic E-state index is 1.21. The van der Waals surface area contributed by atoms with Gasteiger partial charge in [0.05, 0.1) is 5.57 Å². The summed E-state index contributed by atoms with van der Waals surface area (Å²) in [5.41, 5.74) is 2.45. The molecule has 0 atom stereocenters. The van der Waals surface area contributed by atoms with E-state index in [2.05, 4.69) is 46.2 Å². The van der Waals surface area contributed by atoms with Gasteiger partial charge in [0.1, 0.15) is 14.1 Å². The van der Waals surface area contributed by atoms with Gasteiger partial charge in [-0.05, 0) is 5.56 Å². The number of halogens is 1. The Balaban J connectivity index is 0.000000621. The average Bonchev–Trinajstić information content (AvgIpc) is 2.26. The van der Waals surface area contributed by atoms with Crippen molar-refractivity contribution in [3.8, 4) is 0 Å². The molecule has 0 aliphatic heterocycles. The SMILES string of the molecule is CN(C)/C=C(/C=[N+](C)C)c1ccccc1.[O-][Cl+3]([O-])([O-])[O-]. The van der Waals surface area contributed by atoms with Crippen molar-refractivity contribution in [2.45, 2.75) is 0 Å². The third-order valence-electron chi connectivity index (χ3n) is 1.90. The highest BCUT2D eigenvalue weighted by Crippen LogP contribution is 2.11. The summed E-state index contributed by atoms with van der Waals surface area (Å²) in [4.78, 5) is 2.06. The molecule has 0 aliphatic carbocycles. The van der Waals surface area contributed by atoms with Crippen molar-refractivity contribution >= 4 is 11.8 Å². The summed E-state index contributed by atoms with van der Waals surface area (Å²) in [6.07, 6.45) is 4.24. The smallest absolute Gasteiger partial charge is 0.172 e. The summed E-state index contributed by atoms with van der Waals surface area (Å²) in [5.74, 6) is 0. The molecule has 1 aromatic rings. The standard InChI is InChI=1S/C13H19N2.ClHO4/c1-14(2)10-13(11-15(3)4)12-8-6-5-7-9-12;2-1(3,4)5/h5-11H,1-4H3;(H,2,3,4,5)/q+1;/p-1. The molecule has 0 fully saturated rings. The van der Waals surface area contributed by atoms with Crippen molar-refractivity contribution in [3.63, 3.8) is 0 Å². The summed E-state index contributed by atoms with van der Waals surface area (Å²) in [6, 6.07) is 10.4. The minimum Gasteiger partial charge on any atom is -0.383 e. The molecule has 0 bridgehead atoms. The predicted molar refractivity (Wildman–Crippen MR) is 66.3 cm³/mol. The summed E-state index contributed by atoms with van der Waals surface area (Å²) in [6.45, 7) is 0. The monoisotopic (exact) mass is 302 g/mol. The molecule has 7 heteroatoms. The van der Waals surface area contributed by atoms with E-state index in [0.717, 1.165) is 0 Å². The van der Waals surface area contributed by atoms with Crippen LogP contribution in [0.4, 0.5) is 0 Å². The number of hydrogen-bond donors (Lipinski definition) is 0. The first-order valence-corrected chi connectivity index (χ1v) is 6.89. The summed E-state index contributed by atoms with van der Waals surface area (Å²) in [5, 5.41) is 0. The molecule has 0 aromatic heterocycles. The molecule has 0 heterocycles. The van der Waals surface area contributed by atoms with Crippen molar-refractivity contribution in [1.82, 2.24) is 4.90 Å². The second kappa shape index (κ2) is 8.68. The number of nitrogens with zero attached hydrogens (tertiary/aromatic N) is 2. The van der Waals surface area contributed by atoms with Gasteiger partial charge >= 0.3 is 0 Å². The van der Waals surface area contributed by atoms with Crippen LogP contribution < -0.4 is 18.6 Å². The minimum atomic E-state index is -4.94. The molecule has 0 unspecified atom stereocenters. The van der Waals surface area contributed by atoms with Crippen molar-refractivity contribution < 1.29 is 33.5 Å². The van der Waals surface area contributed by atoms with E-state index in [1.54, 1.807) is 0 Å². The van der Waals surface area contributed by atoms with Gasteiger partial charge in [-0.3, -0.25) is 0 Å². The lowest BCUT2D eigenvalue weighted by Gasteiger charge is -2.17. The molecule has 20 heavy (non-hydrogen) atoms. The molecular weight excluding hydrogens is 284 g/mol. The Morgan fingerprint density at radius 3 is 1.85 bits per heavy atom.